The van der Waals surface area contributed by atoms with E-state index in [0.29, 0.717) is 16.7 Å². The van der Waals surface area contributed by atoms with E-state index >= 15 is 0 Å². The van der Waals surface area contributed by atoms with E-state index in [4.69, 9.17) is 15.0 Å². The summed E-state index contributed by atoms with van der Waals surface area (Å²) in [5.74, 6) is 1.01. The van der Waals surface area contributed by atoms with Gasteiger partial charge >= 0.3 is 7.60 Å². The lowest BCUT2D eigenvalue weighted by atomic mass is 10.1. The van der Waals surface area contributed by atoms with E-state index < -0.39 is 38.7 Å². The molecule has 4 rings (SSSR count). The van der Waals surface area contributed by atoms with Gasteiger partial charge in [-0.2, -0.15) is 0 Å². The number of aromatic nitrogens is 4. The highest BCUT2D eigenvalue weighted by atomic mass is 31.2. The second-order valence-electron chi connectivity index (χ2n) is 6.86. The number of fused-ring (bicyclic) bond motifs is 1. The van der Waals surface area contributed by atoms with Gasteiger partial charge in [0.25, 0.3) is 0 Å². The molecule has 3 unspecified atom stereocenters. The van der Waals surface area contributed by atoms with Crippen LogP contribution in [-0.2, 0) is 13.8 Å². The predicted molar refractivity (Wildman–Crippen MR) is 109 cm³/mol. The summed E-state index contributed by atoms with van der Waals surface area (Å²) >= 11 is 0. The number of hydrogen-bond acceptors (Lipinski definition) is 10. The lowest BCUT2D eigenvalue weighted by Crippen LogP contribution is -2.33. The van der Waals surface area contributed by atoms with Crippen LogP contribution in [-0.4, -0.2) is 64.7 Å². The fourth-order valence-corrected chi connectivity index (χ4v) is 3.97. The van der Waals surface area contributed by atoms with E-state index in [2.05, 4.69) is 15.0 Å². The Bertz CT molecular complexity index is 1170. The van der Waals surface area contributed by atoms with Crippen molar-refractivity contribution < 1.29 is 34.0 Å². The van der Waals surface area contributed by atoms with Gasteiger partial charge in [0.15, 0.2) is 17.7 Å². The molecule has 1 aliphatic heterocycles. The SMILES string of the molecule is Nc1ncnc2c1ncn2[C@@H]1O[C@H](COP(=O)(O)/C=C/c2ccccc2O)C(O)C1O. The third-order valence-electron chi connectivity index (χ3n) is 4.80. The highest BCUT2D eigenvalue weighted by Gasteiger charge is 2.45. The first-order chi connectivity index (χ1) is 14.8. The topological polar surface area (TPSA) is 186 Å². The first-order valence-corrected chi connectivity index (χ1v) is 10.8. The number of rotatable bonds is 6. The monoisotopic (exact) mass is 449 g/mol. The number of ether oxygens (including phenoxy) is 1. The molecule has 1 saturated heterocycles. The number of nitrogens with zero attached hydrogens (tertiary/aromatic N) is 4. The molecule has 1 aromatic carbocycles. The summed E-state index contributed by atoms with van der Waals surface area (Å²) in [5, 5.41) is 30.5. The van der Waals surface area contributed by atoms with E-state index in [0.717, 1.165) is 5.82 Å². The van der Waals surface area contributed by atoms with Crippen LogP contribution in [0.15, 0.2) is 42.7 Å². The molecule has 13 heteroatoms. The molecule has 0 radical (unpaired) electrons. The number of anilines is 1. The summed E-state index contributed by atoms with van der Waals surface area (Å²) in [6, 6.07) is 6.27. The molecule has 6 N–H and O–H groups in total. The van der Waals surface area contributed by atoms with Gasteiger partial charge in [0.1, 0.15) is 35.9 Å². The smallest absolute Gasteiger partial charge is 0.351 e. The van der Waals surface area contributed by atoms with Crippen LogP contribution in [0.4, 0.5) is 5.82 Å². The van der Waals surface area contributed by atoms with Crippen LogP contribution in [0.5, 0.6) is 5.75 Å². The normalized spacial score (nSPS) is 25.9. The van der Waals surface area contributed by atoms with Gasteiger partial charge in [-0.3, -0.25) is 9.13 Å². The number of aliphatic hydroxyl groups is 2. The van der Waals surface area contributed by atoms with Crippen LogP contribution < -0.4 is 5.73 Å². The Morgan fingerprint density at radius 1 is 1.23 bits per heavy atom. The molecule has 2 aromatic heterocycles. The first-order valence-electron chi connectivity index (χ1n) is 9.16. The molecule has 31 heavy (non-hydrogen) atoms. The van der Waals surface area contributed by atoms with Crippen LogP contribution in [0.25, 0.3) is 17.2 Å². The molecule has 3 aromatic rings. The van der Waals surface area contributed by atoms with Gasteiger partial charge < -0.3 is 35.2 Å². The molecule has 12 nitrogen and oxygen atoms in total. The standard InChI is InChI=1S/C18H20N5O7P/c19-16-13-17(21-8-20-16)23(9-22-13)18-15(26)14(25)12(30-18)7-29-31(27,28)6-5-10-3-1-2-4-11(10)24/h1-6,8-9,12,14-15,18,24-26H,7H2,(H,27,28)(H2,19,20,21)/b6-5+/t12-,14?,15?,18-/m1/s1. The van der Waals surface area contributed by atoms with Crippen LogP contribution in [0.2, 0.25) is 0 Å². The van der Waals surface area contributed by atoms with Crippen molar-refractivity contribution in [3.63, 3.8) is 0 Å². The molecule has 0 saturated carbocycles. The van der Waals surface area contributed by atoms with Crippen molar-refractivity contribution in [2.75, 3.05) is 12.3 Å². The van der Waals surface area contributed by atoms with E-state index in [1.54, 1.807) is 18.2 Å². The number of aliphatic hydroxyl groups excluding tert-OH is 2. The minimum absolute atomic E-state index is 0.0590. The highest BCUT2D eigenvalue weighted by molar-refractivity contribution is 7.56. The zero-order valence-corrected chi connectivity index (χ0v) is 16.9. The molecule has 3 heterocycles. The third-order valence-corrected chi connectivity index (χ3v) is 5.85. The van der Waals surface area contributed by atoms with Crippen molar-refractivity contribution in [1.29, 1.82) is 0 Å². The largest absolute Gasteiger partial charge is 0.507 e. The minimum atomic E-state index is -4.22. The molecule has 1 aliphatic rings. The van der Waals surface area contributed by atoms with Crippen LogP contribution in [0, 0.1) is 0 Å². The lowest BCUT2D eigenvalue weighted by molar-refractivity contribution is -0.0481. The van der Waals surface area contributed by atoms with Crippen LogP contribution in [0.1, 0.15) is 11.8 Å². The maximum atomic E-state index is 12.3. The molecular weight excluding hydrogens is 429 g/mol. The van der Waals surface area contributed by atoms with Crippen molar-refractivity contribution in [3.8, 4) is 5.75 Å². The summed E-state index contributed by atoms with van der Waals surface area (Å²) in [5.41, 5.74) is 6.69. The fourth-order valence-electron chi connectivity index (χ4n) is 3.18. The summed E-state index contributed by atoms with van der Waals surface area (Å²) in [7, 11) is -4.22. The van der Waals surface area contributed by atoms with Gasteiger partial charge in [-0.15, -0.1) is 0 Å². The van der Waals surface area contributed by atoms with E-state index in [1.165, 1.54) is 29.4 Å². The molecule has 0 spiro atoms. The van der Waals surface area contributed by atoms with E-state index in [1.807, 2.05) is 0 Å². The first kappa shape index (κ1) is 21.4. The zero-order valence-electron chi connectivity index (χ0n) is 16.0. The van der Waals surface area contributed by atoms with Crippen LogP contribution >= 0.6 is 7.60 Å². The Hall–Kier alpha value is -2.86. The van der Waals surface area contributed by atoms with Gasteiger partial charge in [-0.25, -0.2) is 15.0 Å². The maximum Gasteiger partial charge on any atom is 0.351 e. The van der Waals surface area contributed by atoms with Crippen molar-refractivity contribution in [3.05, 3.63) is 48.3 Å². The molecule has 5 atom stereocenters. The van der Waals surface area contributed by atoms with Crippen molar-refractivity contribution in [2.45, 2.75) is 24.5 Å². The summed E-state index contributed by atoms with van der Waals surface area (Å²) in [4.78, 5) is 22.0. The van der Waals surface area contributed by atoms with Crippen molar-refractivity contribution in [2.24, 2.45) is 0 Å². The Balaban J connectivity index is 1.45. The quantitative estimate of drug-likeness (QED) is 0.332. The number of para-hydroxylation sites is 1. The summed E-state index contributed by atoms with van der Waals surface area (Å²) in [6.45, 7) is -0.475. The van der Waals surface area contributed by atoms with Gasteiger partial charge in [0.05, 0.1) is 12.9 Å². The highest BCUT2D eigenvalue weighted by Crippen LogP contribution is 2.45. The Morgan fingerprint density at radius 2 is 2.00 bits per heavy atom. The minimum Gasteiger partial charge on any atom is -0.507 e. The predicted octanol–water partition coefficient (Wildman–Crippen LogP) is 0.606. The number of phenols is 1. The molecule has 0 amide bonds. The Kier molecular flexibility index (Phi) is 5.75. The lowest BCUT2D eigenvalue weighted by Gasteiger charge is -2.16. The summed E-state index contributed by atoms with van der Waals surface area (Å²) < 4.78 is 24.4. The molecular formula is C18H20N5O7P. The third kappa shape index (κ3) is 4.30. The van der Waals surface area contributed by atoms with Gasteiger partial charge in [-0.1, -0.05) is 18.2 Å². The Labute approximate surface area is 175 Å². The molecule has 1 fully saturated rings. The van der Waals surface area contributed by atoms with Crippen LogP contribution in [0.3, 0.4) is 0 Å². The average Bonchev–Trinajstić information content (AvgIpc) is 3.29. The number of imidazole rings is 1. The number of phenolic OH excluding ortho intramolecular Hbond substituents is 1. The second kappa shape index (κ2) is 8.35. The second-order valence-corrected chi connectivity index (χ2v) is 8.55. The molecule has 0 bridgehead atoms. The van der Waals surface area contributed by atoms with Gasteiger partial charge in [0.2, 0.25) is 0 Å². The number of nitrogen functional groups attached to an aromatic ring is 1. The van der Waals surface area contributed by atoms with Gasteiger partial charge in [-0.05, 0) is 12.1 Å². The van der Waals surface area contributed by atoms with E-state index in [-0.39, 0.29) is 11.6 Å². The number of hydrogen-bond donors (Lipinski definition) is 5. The van der Waals surface area contributed by atoms with Crippen molar-refractivity contribution in [1.82, 2.24) is 19.5 Å². The summed E-state index contributed by atoms with van der Waals surface area (Å²) in [6.07, 6.45) is -1.13. The number of benzene rings is 1. The van der Waals surface area contributed by atoms with Crippen molar-refractivity contribution >= 4 is 30.7 Å². The Morgan fingerprint density at radius 3 is 2.77 bits per heavy atom. The van der Waals surface area contributed by atoms with E-state index in [9.17, 15) is 24.8 Å². The molecule has 0 aliphatic carbocycles. The van der Waals surface area contributed by atoms with Gasteiger partial charge in [0, 0.05) is 11.4 Å². The number of aromatic hydroxyl groups is 1. The fraction of sp³-hybridized carbons (Fsp3) is 0.278. The zero-order chi connectivity index (χ0) is 22.2. The molecule has 164 valence electrons. The number of nitrogens with two attached hydrogens (primary N) is 1. The average molecular weight is 449 g/mol. The maximum absolute atomic E-state index is 12.3.